The van der Waals surface area contributed by atoms with Crippen molar-refractivity contribution < 1.29 is 14.4 Å². The van der Waals surface area contributed by atoms with E-state index in [9.17, 15) is 14.4 Å². The summed E-state index contributed by atoms with van der Waals surface area (Å²) in [5, 5.41) is 3.18. The number of nitrogens with zero attached hydrogens (tertiary/aromatic N) is 2. The number of benzene rings is 3. The lowest BCUT2D eigenvalue weighted by Gasteiger charge is -2.41. The van der Waals surface area contributed by atoms with Gasteiger partial charge >= 0.3 is 0 Å². The lowest BCUT2D eigenvalue weighted by Crippen LogP contribution is -2.61. The van der Waals surface area contributed by atoms with Crippen LogP contribution in [-0.4, -0.2) is 53.2 Å². The average Bonchev–Trinajstić information content (AvgIpc) is 3.31. The molecule has 1 N–H and O–H groups in total. The van der Waals surface area contributed by atoms with Gasteiger partial charge in [0.1, 0.15) is 6.04 Å². The van der Waals surface area contributed by atoms with Crippen molar-refractivity contribution in [3.8, 4) is 0 Å². The summed E-state index contributed by atoms with van der Waals surface area (Å²) in [6.45, 7) is 0.901. The molecule has 1 fully saturated rings. The number of nitrogens with one attached hydrogen (secondary N) is 1. The van der Waals surface area contributed by atoms with Crippen LogP contribution < -0.4 is 5.32 Å². The van der Waals surface area contributed by atoms with E-state index in [0.717, 1.165) is 24.0 Å². The Labute approximate surface area is 205 Å². The van der Waals surface area contributed by atoms with Gasteiger partial charge in [-0.1, -0.05) is 72.8 Å². The molecule has 6 heteroatoms. The van der Waals surface area contributed by atoms with Crippen molar-refractivity contribution in [2.75, 3.05) is 19.6 Å². The van der Waals surface area contributed by atoms with E-state index in [0.29, 0.717) is 18.7 Å². The van der Waals surface area contributed by atoms with Gasteiger partial charge in [0.15, 0.2) is 0 Å². The minimum Gasteiger partial charge on any atom is -0.347 e. The maximum Gasteiger partial charge on any atom is 0.254 e. The van der Waals surface area contributed by atoms with Crippen LogP contribution >= 0.6 is 0 Å². The molecule has 2 unspecified atom stereocenters. The van der Waals surface area contributed by atoms with Crippen molar-refractivity contribution in [1.29, 1.82) is 0 Å². The number of carbonyl (C=O) groups excluding carboxylic acids is 3. The fourth-order valence-corrected chi connectivity index (χ4v) is 5.08. The van der Waals surface area contributed by atoms with Crippen molar-refractivity contribution >= 4 is 17.7 Å². The summed E-state index contributed by atoms with van der Waals surface area (Å²) in [5.41, 5.74) is 3.86. The highest BCUT2D eigenvalue weighted by Gasteiger charge is 2.38. The molecule has 3 aromatic carbocycles. The van der Waals surface area contributed by atoms with Gasteiger partial charge in [-0.05, 0) is 41.7 Å². The Morgan fingerprint density at radius 3 is 2.29 bits per heavy atom. The van der Waals surface area contributed by atoms with E-state index in [2.05, 4.69) is 17.4 Å². The third-order valence-electron chi connectivity index (χ3n) is 6.96. The number of piperazine rings is 1. The van der Waals surface area contributed by atoms with Crippen LogP contribution in [0, 0.1) is 0 Å². The number of hydrogen-bond acceptors (Lipinski definition) is 3. The van der Waals surface area contributed by atoms with Gasteiger partial charge in [0.2, 0.25) is 11.8 Å². The predicted octanol–water partition coefficient (Wildman–Crippen LogP) is 3.39. The molecule has 2 aliphatic rings. The van der Waals surface area contributed by atoms with E-state index in [-0.39, 0.29) is 36.7 Å². The lowest BCUT2D eigenvalue weighted by molar-refractivity contribution is -0.136. The number of carbonyl (C=O) groups is 3. The monoisotopic (exact) mass is 467 g/mol. The molecule has 0 bridgehead atoms. The summed E-state index contributed by atoms with van der Waals surface area (Å²) in [7, 11) is 0. The molecule has 3 amide bonds. The minimum atomic E-state index is -0.746. The quantitative estimate of drug-likeness (QED) is 0.626. The first-order chi connectivity index (χ1) is 17.1. The highest BCUT2D eigenvalue weighted by atomic mass is 16.2. The van der Waals surface area contributed by atoms with Gasteiger partial charge in [-0.15, -0.1) is 0 Å². The number of fused-ring (bicyclic) bond motifs is 1. The molecule has 0 radical (unpaired) electrons. The average molecular weight is 468 g/mol. The fourth-order valence-electron chi connectivity index (χ4n) is 5.08. The highest BCUT2D eigenvalue weighted by Crippen LogP contribution is 2.31. The van der Waals surface area contributed by atoms with Crippen LogP contribution in [0.3, 0.4) is 0 Å². The zero-order valence-corrected chi connectivity index (χ0v) is 19.6. The van der Waals surface area contributed by atoms with Gasteiger partial charge in [0.25, 0.3) is 5.91 Å². The smallest absolute Gasteiger partial charge is 0.254 e. The van der Waals surface area contributed by atoms with E-state index >= 15 is 0 Å². The first kappa shape index (κ1) is 22.8. The van der Waals surface area contributed by atoms with E-state index < -0.39 is 6.04 Å². The van der Waals surface area contributed by atoms with Crippen molar-refractivity contribution in [1.82, 2.24) is 15.1 Å². The van der Waals surface area contributed by atoms with Crippen LogP contribution in [0.4, 0.5) is 0 Å². The van der Waals surface area contributed by atoms with Crippen molar-refractivity contribution in [3.63, 3.8) is 0 Å². The Bertz CT molecular complexity index is 1210. The van der Waals surface area contributed by atoms with Crippen molar-refractivity contribution in [3.05, 3.63) is 107 Å². The van der Waals surface area contributed by atoms with Gasteiger partial charge in [-0.2, -0.15) is 0 Å². The molecule has 35 heavy (non-hydrogen) atoms. The lowest BCUT2D eigenvalue weighted by atomic mass is 10.0. The maximum absolute atomic E-state index is 13.6. The minimum absolute atomic E-state index is 0.0352. The normalized spacial score (nSPS) is 19.2. The first-order valence-corrected chi connectivity index (χ1v) is 12.2. The van der Waals surface area contributed by atoms with E-state index in [1.807, 2.05) is 60.7 Å². The van der Waals surface area contributed by atoms with Gasteiger partial charge < -0.3 is 15.1 Å². The summed E-state index contributed by atoms with van der Waals surface area (Å²) < 4.78 is 0. The van der Waals surface area contributed by atoms with Crippen LogP contribution in [0.2, 0.25) is 0 Å². The van der Waals surface area contributed by atoms with Crippen LogP contribution in [0.25, 0.3) is 0 Å². The Morgan fingerprint density at radius 2 is 1.51 bits per heavy atom. The van der Waals surface area contributed by atoms with Gasteiger partial charge in [-0.3, -0.25) is 14.4 Å². The second-order valence-electron chi connectivity index (χ2n) is 9.18. The second-order valence-corrected chi connectivity index (χ2v) is 9.18. The third kappa shape index (κ3) is 4.97. The first-order valence-electron chi connectivity index (χ1n) is 12.2. The van der Waals surface area contributed by atoms with Crippen LogP contribution in [-0.2, 0) is 22.4 Å². The summed E-state index contributed by atoms with van der Waals surface area (Å²) in [5.74, 6) is -0.437. The molecule has 0 aromatic heterocycles. The van der Waals surface area contributed by atoms with Gasteiger partial charge in [0, 0.05) is 18.7 Å². The number of hydrogen-bond donors (Lipinski definition) is 1. The standard InChI is InChI=1S/C29H29N3O3/c33-27(19-21-9-3-1-4-10-21)31-17-18-32(29(35)23-12-5-2-6-13-23)26(20-31)28(34)30-25-16-15-22-11-7-8-14-24(22)25/h1-14,25-26H,15-20H2,(H,30,34). The Kier molecular flexibility index (Phi) is 6.62. The molecular weight excluding hydrogens is 438 g/mol. The predicted molar refractivity (Wildman–Crippen MR) is 134 cm³/mol. The highest BCUT2D eigenvalue weighted by molar-refractivity contribution is 5.98. The zero-order chi connectivity index (χ0) is 24.2. The summed E-state index contributed by atoms with van der Waals surface area (Å²) in [6.07, 6.45) is 2.03. The summed E-state index contributed by atoms with van der Waals surface area (Å²) in [4.78, 5) is 43.4. The molecule has 1 heterocycles. The van der Waals surface area contributed by atoms with E-state index in [1.54, 1.807) is 21.9 Å². The van der Waals surface area contributed by atoms with E-state index in [4.69, 9.17) is 0 Å². The Hall–Kier alpha value is -3.93. The fraction of sp³-hybridized carbons (Fsp3) is 0.276. The Balaban J connectivity index is 1.35. The topological polar surface area (TPSA) is 69.7 Å². The summed E-state index contributed by atoms with van der Waals surface area (Å²) >= 11 is 0. The van der Waals surface area contributed by atoms with Gasteiger partial charge in [-0.25, -0.2) is 0 Å². The molecule has 1 aliphatic carbocycles. The van der Waals surface area contributed by atoms with Gasteiger partial charge in [0.05, 0.1) is 19.0 Å². The third-order valence-corrected chi connectivity index (χ3v) is 6.96. The molecule has 0 spiro atoms. The largest absolute Gasteiger partial charge is 0.347 e. The Morgan fingerprint density at radius 1 is 0.829 bits per heavy atom. The molecule has 3 aromatic rings. The number of amides is 3. The molecule has 5 rings (SSSR count). The number of rotatable bonds is 5. The van der Waals surface area contributed by atoms with E-state index in [1.165, 1.54) is 5.56 Å². The molecule has 1 aliphatic heterocycles. The van der Waals surface area contributed by atoms with Crippen LogP contribution in [0.1, 0.15) is 39.5 Å². The zero-order valence-electron chi connectivity index (χ0n) is 19.6. The van der Waals surface area contributed by atoms with Crippen LogP contribution in [0.5, 0.6) is 0 Å². The molecular formula is C29H29N3O3. The molecule has 178 valence electrons. The van der Waals surface area contributed by atoms with Crippen molar-refractivity contribution in [2.45, 2.75) is 31.3 Å². The summed E-state index contributed by atoms with van der Waals surface area (Å²) in [6, 6.07) is 25.9. The molecule has 1 saturated heterocycles. The van der Waals surface area contributed by atoms with Crippen LogP contribution in [0.15, 0.2) is 84.9 Å². The maximum atomic E-state index is 13.6. The molecule has 0 saturated carbocycles. The SMILES string of the molecule is O=C(NC1CCc2ccccc21)C1CN(C(=O)Cc2ccccc2)CCN1C(=O)c1ccccc1. The number of aryl methyl sites for hydroxylation is 1. The second kappa shape index (κ2) is 10.1. The van der Waals surface area contributed by atoms with Crippen molar-refractivity contribution in [2.24, 2.45) is 0 Å². The molecule has 2 atom stereocenters. The molecule has 6 nitrogen and oxygen atoms in total.